The Morgan fingerprint density at radius 3 is 2.48 bits per heavy atom. The fourth-order valence-corrected chi connectivity index (χ4v) is 3.12. The summed E-state index contributed by atoms with van der Waals surface area (Å²) in [5.41, 5.74) is 0.520. The maximum absolute atomic E-state index is 12.8. The van der Waals surface area contributed by atoms with Gasteiger partial charge in [0, 0.05) is 0 Å². The number of methoxy groups -OCH3 is 1. The second kappa shape index (κ2) is 9.11. The summed E-state index contributed by atoms with van der Waals surface area (Å²) < 4.78 is 46.1. The maximum atomic E-state index is 12.8. The molecule has 0 N–H and O–H groups in total. The van der Waals surface area contributed by atoms with Crippen LogP contribution in [-0.2, 0) is 14.3 Å². The third-order valence-corrected chi connectivity index (χ3v) is 4.81. The molecule has 1 amide bonds. The van der Waals surface area contributed by atoms with Crippen molar-refractivity contribution in [2.24, 2.45) is 5.92 Å². The third kappa shape index (κ3) is 6.08. The van der Waals surface area contributed by atoms with E-state index in [4.69, 9.17) is 14.2 Å². The van der Waals surface area contributed by atoms with Crippen LogP contribution in [0.4, 0.5) is 13.6 Å². The van der Waals surface area contributed by atoms with Gasteiger partial charge in [-0.25, -0.2) is 9.59 Å². The second-order valence-corrected chi connectivity index (χ2v) is 8.56. The summed E-state index contributed by atoms with van der Waals surface area (Å²) >= 11 is 0. The first kappa shape index (κ1) is 22.8. The van der Waals surface area contributed by atoms with E-state index in [-0.39, 0.29) is 18.0 Å². The van der Waals surface area contributed by atoms with Gasteiger partial charge < -0.3 is 18.9 Å². The summed E-state index contributed by atoms with van der Waals surface area (Å²) in [4.78, 5) is 26.1. The van der Waals surface area contributed by atoms with E-state index in [0.29, 0.717) is 23.7 Å². The van der Waals surface area contributed by atoms with Crippen molar-refractivity contribution in [3.05, 3.63) is 29.8 Å². The van der Waals surface area contributed by atoms with Gasteiger partial charge in [-0.05, 0) is 68.9 Å². The van der Waals surface area contributed by atoms with Gasteiger partial charge in [-0.3, -0.25) is 4.90 Å². The van der Waals surface area contributed by atoms with E-state index in [9.17, 15) is 18.4 Å². The Morgan fingerprint density at radius 1 is 1.19 bits per heavy atom. The van der Waals surface area contributed by atoms with Crippen molar-refractivity contribution in [1.82, 2.24) is 4.90 Å². The Bertz CT molecular complexity index is 860. The molecule has 1 aromatic rings. The van der Waals surface area contributed by atoms with Crippen LogP contribution in [-0.4, -0.2) is 55.5 Å². The summed E-state index contributed by atoms with van der Waals surface area (Å²) in [5.74, 6) is -0.0636. The molecule has 0 unspecified atom stereocenters. The van der Waals surface area contributed by atoms with E-state index < -0.39 is 30.3 Å². The van der Waals surface area contributed by atoms with Crippen LogP contribution >= 0.6 is 0 Å². The van der Waals surface area contributed by atoms with Crippen LogP contribution in [0.5, 0.6) is 11.5 Å². The molecule has 9 heteroatoms. The molecule has 7 nitrogen and oxygen atoms in total. The molecule has 1 aliphatic heterocycles. The minimum atomic E-state index is -2.98. The molecule has 0 saturated heterocycles. The van der Waals surface area contributed by atoms with E-state index in [1.807, 2.05) is 0 Å². The van der Waals surface area contributed by atoms with Crippen LogP contribution < -0.4 is 9.47 Å². The van der Waals surface area contributed by atoms with Crippen molar-refractivity contribution < 1.29 is 37.3 Å². The molecule has 2 aliphatic rings. The van der Waals surface area contributed by atoms with Crippen molar-refractivity contribution >= 4 is 17.6 Å². The van der Waals surface area contributed by atoms with E-state index in [0.717, 1.165) is 12.8 Å². The summed E-state index contributed by atoms with van der Waals surface area (Å²) in [6.45, 7) is 2.71. The van der Waals surface area contributed by atoms with Gasteiger partial charge >= 0.3 is 18.7 Å². The number of hydrogen-bond donors (Lipinski definition) is 0. The number of halogens is 2. The molecule has 31 heavy (non-hydrogen) atoms. The molecule has 1 aromatic carbocycles. The van der Waals surface area contributed by atoms with Gasteiger partial charge in [-0.2, -0.15) is 8.78 Å². The molecular weight excluding hydrogens is 412 g/mol. The first-order valence-electron chi connectivity index (χ1n) is 10.1. The second-order valence-electron chi connectivity index (χ2n) is 8.56. The normalized spacial score (nSPS) is 18.6. The number of hydrogen-bond acceptors (Lipinski definition) is 6. The molecular formula is C22H27F2NO6. The summed E-state index contributed by atoms with van der Waals surface area (Å²) in [7, 11) is 1.24. The molecule has 0 spiro atoms. The monoisotopic (exact) mass is 439 g/mol. The van der Waals surface area contributed by atoms with Crippen LogP contribution in [0.25, 0.3) is 5.57 Å². The number of benzene rings is 1. The highest BCUT2D eigenvalue weighted by atomic mass is 19.3. The van der Waals surface area contributed by atoms with Gasteiger partial charge in [0.15, 0.2) is 17.5 Å². The number of carbonyl (C=O) groups excluding carboxylic acids is 2. The van der Waals surface area contributed by atoms with Crippen molar-refractivity contribution in [2.45, 2.75) is 51.9 Å². The zero-order valence-corrected chi connectivity index (χ0v) is 18.0. The van der Waals surface area contributed by atoms with Crippen molar-refractivity contribution in [1.29, 1.82) is 0 Å². The quantitative estimate of drug-likeness (QED) is 0.592. The highest BCUT2D eigenvalue weighted by molar-refractivity contribution is 5.90. The van der Waals surface area contributed by atoms with E-state index in [2.05, 4.69) is 4.74 Å². The van der Waals surface area contributed by atoms with Gasteiger partial charge in [0.1, 0.15) is 5.60 Å². The van der Waals surface area contributed by atoms with Gasteiger partial charge in [0.25, 0.3) is 0 Å². The summed E-state index contributed by atoms with van der Waals surface area (Å²) in [6.07, 6.45) is 3.03. The largest absolute Gasteiger partial charge is 0.489 e. The molecule has 3 rings (SSSR count). The van der Waals surface area contributed by atoms with Crippen molar-refractivity contribution in [3.63, 3.8) is 0 Å². The lowest BCUT2D eigenvalue weighted by Crippen LogP contribution is -2.44. The van der Waals surface area contributed by atoms with E-state index >= 15 is 0 Å². The molecule has 0 bridgehead atoms. The Labute approximate surface area is 179 Å². The highest BCUT2D eigenvalue weighted by Crippen LogP contribution is 2.37. The number of ether oxygens (including phenoxy) is 4. The van der Waals surface area contributed by atoms with Gasteiger partial charge in [-0.15, -0.1) is 0 Å². The average molecular weight is 439 g/mol. The number of nitrogens with zero attached hydrogens (tertiary/aromatic N) is 1. The molecule has 1 aliphatic carbocycles. The van der Waals surface area contributed by atoms with Crippen molar-refractivity contribution in [3.8, 4) is 11.5 Å². The molecule has 1 fully saturated rings. The maximum Gasteiger partial charge on any atom is 0.411 e. The SMILES string of the molecule is COC(=O)[C@H]1C=C(c2ccc(OC(F)F)c(OCC3CC3)c2)CN1C(=O)OC(C)(C)C. The fourth-order valence-electron chi connectivity index (χ4n) is 3.12. The lowest BCUT2D eigenvalue weighted by atomic mass is 10.1. The standard InChI is InChI=1S/C22H27F2NO6/c1-22(2,3)31-21(27)25-11-15(9-16(25)19(26)28-4)14-7-8-17(30-20(23)24)18(10-14)29-12-13-5-6-13/h7-10,13,16,20H,5-6,11-12H2,1-4H3/t16-/m1/s1. The fraction of sp³-hybridized carbons (Fsp3) is 0.545. The Morgan fingerprint density at radius 2 is 1.90 bits per heavy atom. The molecule has 1 atom stereocenters. The summed E-state index contributed by atoms with van der Waals surface area (Å²) in [6, 6.07) is 3.61. The predicted octanol–water partition coefficient (Wildman–Crippen LogP) is 4.25. The Balaban J connectivity index is 1.86. The lowest BCUT2D eigenvalue weighted by molar-refractivity contribution is -0.144. The van der Waals surface area contributed by atoms with Crippen LogP contribution in [0.3, 0.4) is 0 Å². The van der Waals surface area contributed by atoms with Crippen LogP contribution in [0.15, 0.2) is 24.3 Å². The molecule has 170 valence electrons. The number of rotatable bonds is 7. The smallest absolute Gasteiger partial charge is 0.411 e. The first-order valence-corrected chi connectivity index (χ1v) is 10.1. The molecule has 0 radical (unpaired) electrons. The molecule has 1 heterocycles. The third-order valence-electron chi connectivity index (χ3n) is 4.81. The average Bonchev–Trinajstić information content (AvgIpc) is 3.40. The minimum absolute atomic E-state index is 0.0634. The van der Waals surface area contributed by atoms with Gasteiger partial charge in [-0.1, -0.05) is 6.07 Å². The topological polar surface area (TPSA) is 74.3 Å². The molecule has 0 aromatic heterocycles. The molecule has 1 saturated carbocycles. The lowest BCUT2D eigenvalue weighted by Gasteiger charge is -2.27. The van der Waals surface area contributed by atoms with Gasteiger partial charge in [0.05, 0.1) is 20.3 Å². The Hall–Kier alpha value is -2.84. The van der Waals surface area contributed by atoms with Crippen LogP contribution in [0.2, 0.25) is 0 Å². The number of carbonyl (C=O) groups is 2. The number of esters is 1. The highest BCUT2D eigenvalue weighted by Gasteiger charge is 2.38. The predicted molar refractivity (Wildman–Crippen MR) is 108 cm³/mol. The van der Waals surface area contributed by atoms with Crippen LogP contribution in [0.1, 0.15) is 39.2 Å². The van der Waals surface area contributed by atoms with Gasteiger partial charge in [0.2, 0.25) is 0 Å². The van der Waals surface area contributed by atoms with Crippen LogP contribution in [0, 0.1) is 5.92 Å². The van der Waals surface area contributed by atoms with Crippen molar-refractivity contribution in [2.75, 3.05) is 20.3 Å². The summed E-state index contributed by atoms with van der Waals surface area (Å²) in [5, 5.41) is 0. The first-order chi connectivity index (χ1) is 14.6. The number of amides is 1. The van der Waals surface area contributed by atoms with E-state index in [1.54, 1.807) is 39.0 Å². The minimum Gasteiger partial charge on any atom is -0.489 e. The van der Waals surface area contributed by atoms with E-state index in [1.165, 1.54) is 18.1 Å². The Kier molecular flexibility index (Phi) is 6.71. The number of alkyl halides is 2. The zero-order chi connectivity index (χ0) is 22.8. The zero-order valence-electron chi connectivity index (χ0n) is 18.0.